The van der Waals surface area contributed by atoms with Crippen LogP contribution in [-0.2, 0) is 33.6 Å². The van der Waals surface area contributed by atoms with Gasteiger partial charge in [0.2, 0.25) is 12.1 Å². The van der Waals surface area contributed by atoms with Gasteiger partial charge in [0.25, 0.3) is 0 Å². The molecular weight excluding hydrogens is 352 g/mol. The first-order valence-corrected chi connectivity index (χ1v) is 10.1. The van der Waals surface area contributed by atoms with Gasteiger partial charge in [0.05, 0.1) is 6.42 Å². The maximum Gasteiger partial charge on any atom is 0.308 e. The summed E-state index contributed by atoms with van der Waals surface area (Å²) in [7, 11) is 0. The molecule has 0 aromatic rings. The largest absolute Gasteiger partial charge is 0.435 e. The van der Waals surface area contributed by atoms with Crippen molar-refractivity contribution in [3.8, 4) is 0 Å². The minimum absolute atomic E-state index is 0.0319. The molecule has 7 heteroatoms. The highest BCUT2D eigenvalue weighted by atomic mass is 17.3. The van der Waals surface area contributed by atoms with Gasteiger partial charge >= 0.3 is 5.97 Å². The van der Waals surface area contributed by atoms with E-state index in [-0.39, 0.29) is 36.4 Å². The van der Waals surface area contributed by atoms with Crippen molar-refractivity contribution < 1.29 is 33.6 Å². The molecular formula is C20H30O7. The van der Waals surface area contributed by atoms with Crippen molar-refractivity contribution in [1.82, 2.24) is 0 Å². The van der Waals surface area contributed by atoms with E-state index in [1.54, 1.807) is 0 Å². The van der Waals surface area contributed by atoms with Crippen LogP contribution in [0.4, 0.5) is 0 Å². The Hall–Kier alpha value is -1.02. The van der Waals surface area contributed by atoms with Crippen LogP contribution in [0.2, 0.25) is 0 Å². The summed E-state index contributed by atoms with van der Waals surface area (Å²) < 4.78 is 18.0. The molecule has 27 heavy (non-hydrogen) atoms. The summed E-state index contributed by atoms with van der Waals surface area (Å²) in [5, 5.41) is 0. The average molecular weight is 382 g/mol. The number of Topliss-reactive ketones (excluding diaryl/α,β-unsaturated/α-hetero) is 1. The molecule has 152 valence electrons. The topological polar surface area (TPSA) is 80.3 Å². The highest BCUT2D eigenvalue weighted by molar-refractivity contribution is 5.81. The van der Waals surface area contributed by atoms with E-state index in [9.17, 15) is 9.59 Å². The predicted octanol–water partition coefficient (Wildman–Crippen LogP) is 3.11. The lowest BCUT2D eigenvalue weighted by Crippen LogP contribution is -2.70. The first-order chi connectivity index (χ1) is 12.7. The fraction of sp³-hybridized carbons (Fsp3) is 0.900. The molecule has 0 aromatic carbocycles. The van der Waals surface area contributed by atoms with Crippen molar-refractivity contribution in [1.29, 1.82) is 0 Å². The second kappa shape index (κ2) is 6.79. The summed E-state index contributed by atoms with van der Waals surface area (Å²) >= 11 is 0. The first kappa shape index (κ1) is 19.3. The van der Waals surface area contributed by atoms with Gasteiger partial charge < -0.3 is 19.0 Å². The standard InChI is InChI=1S/C20H30O7/c1-11-5-7-15-13(3)17(23-16(22)8-6-12(2)21)24-18-20(15)14(11)9-10-19(4,25-18)26-27-20/h11,13-15,17-18H,5-10H2,1-4H3/t11-,13-,14+,15+,17-,18-,19+,20?/m1/s1. The molecule has 8 atom stereocenters. The second-order valence-electron chi connectivity index (χ2n) is 8.97. The van der Waals surface area contributed by atoms with Gasteiger partial charge in [0.15, 0.2) is 11.9 Å². The van der Waals surface area contributed by atoms with Crippen LogP contribution < -0.4 is 0 Å². The Morgan fingerprint density at radius 1 is 1.07 bits per heavy atom. The molecule has 5 aliphatic rings. The minimum Gasteiger partial charge on any atom is -0.435 e. The van der Waals surface area contributed by atoms with E-state index in [2.05, 4.69) is 6.92 Å². The number of fused-ring (bicyclic) bond motifs is 2. The number of rotatable bonds is 4. The van der Waals surface area contributed by atoms with Crippen molar-refractivity contribution in [3.63, 3.8) is 0 Å². The Bertz CT molecular complexity index is 621. The van der Waals surface area contributed by atoms with Gasteiger partial charge in [-0.1, -0.05) is 13.8 Å². The molecule has 1 spiro atoms. The maximum atomic E-state index is 12.2. The highest BCUT2D eigenvalue weighted by Crippen LogP contribution is 2.60. The smallest absolute Gasteiger partial charge is 0.308 e. The number of carbonyl (C=O) groups excluding carboxylic acids is 2. The zero-order valence-electron chi connectivity index (χ0n) is 16.6. The van der Waals surface area contributed by atoms with E-state index in [1.807, 2.05) is 13.8 Å². The van der Waals surface area contributed by atoms with E-state index in [4.69, 9.17) is 24.0 Å². The summed E-state index contributed by atoms with van der Waals surface area (Å²) in [6.07, 6.45) is 2.67. The maximum absolute atomic E-state index is 12.2. The van der Waals surface area contributed by atoms with Crippen LogP contribution in [0.25, 0.3) is 0 Å². The van der Waals surface area contributed by atoms with E-state index < -0.39 is 29.9 Å². The van der Waals surface area contributed by atoms with Crippen molar-refractivity contribution in [2.45, 2.75) is 90.2 Å². The third-order valence-electron chi connectivity index (χ3n) is 7.03. The molecule has 5 rings (SSSR count). The number of ether oxygens (including phenoxy) is 3. The van der Waals surface area contributed by atoms with Crippen molar-refractivity contribution in [3.05, 3.63) is 0 Å². The van der Waals surface area contributed by atoms with Crippen LogP contribution in [-0.4, -0.2) is 35.7 Å². The lowest BCUT2D eigenvalue weighted by Gasteiger charge is -2.59. The predicted molar refractivity (Wildman–Crippen MR) is 92.8 cm³/mol. The Morgan fingerprint density at radius 2 is 1.85 bits per heavy atom. The molecule has 5 fully saturated rings. The number of hydrogen-bond acceptors (Lipinski definition) is 7. The number of ketones is 1. The molecule has 4 aliphatic heterocycles. The molecule has 0 N–H and O–H groups in total. The Balaban J connectivity index is 1.58. The number of carbonyl (C=O) groups is 2. The molecule has 4 heterocycles. The van der Waals surface area contributed by atoms with Gasteiger partial charge in [-0.05, 0) is 44.9 Å². The molecule has 1 aliphatic carbocycles. The third kappa shape index (κ3) is 3.12. The molecule has 1 saturated carbocycles. The monoisotopic (exact) mass is 382 g/mol. The molecule has 1 unspecified atom stereocenters. The molecule has 4 saturated heterocycles. The summed E-state index contributed by atoms with van der Waals surface area (Å²) in [6.45, 7) is 7.63. The van der Waals surface area contributed by atoms with E-state index in [1.165, 1.54) is 6.92 Å². The average Bonchev–Trinajstić information content (AvgIpc) is 2.84. The SMILES string of the molecule is CC(=O)CCC(=O)O[C@@H]1O[C@@H]2O[C@]3(C)CC[C@H]4[C@H](C)CC[C@@H]([C@H]1C)C24OO3. The van der Waals surface area contributed by atoms with Gasteiger partial charge in [-0.2, -0.15) is 0 Å². The van der Waals surface area contributed by atoms with Gasteiger partial charge in [0, 0.05) is 24.7 Å². The quantitative estimate of drug-likeness (QED) is 0.546. The summed E-state index contributed by atoms with van der Waals surface area (Å²) in [6, 6.07) is 0. The Morgan fingerprint density at radius 3 is 2.59 bits per heavy atom. The van der Waals surface area contributed by atoms with Crippen LogP contribution in [0.3, 0.4) is 0 Å². The summed E-state index contributed by atoms with van der Waals surface area (Å²) in [5.41, 5.74) is -0.657. The van der Waals surface area contributed by atoms with E-state index >= 15 is 0 Å². The Kier molecular flexibility index (Phi) is 4.86. The lowest BCUT2D eigenvalue weighted by molar-refractivity contribution is -0.576. The Labute approximate surface area is 159 Å². The summed E-state index contributed by atoms with van der Waals surface area (Å²) in [5.74, 6) is -0.458. The van der Waals surface area contributed by atoms with E-state index in [0.717, 1.165) is 25.7 Å². The van der Waals surface area contributed by atoms with Gasteiger partial charge in [-0.15, -0.1) is 0 Å². The second-order valence-corrected chi connectivity index (χ2v) is 8.97. The van der Waals surface area contributed by atoms with Crippen molar-refractivity contribution in [2.24, 2.45) is 23.7 Å². The van der Waals surface area contributed by atoms with Crippen LogP contribution in [0.5, 0.6) is 0 Å². The van der Waals surface area contributed by atoms with Gasteiger partial charge in [0.1, 0.15) is 5.78 Å². The molecule has 0 amide bonds. The lowest BCUT2D eigenvalue weighted by atomic mass is 9.58. The zero-order valence-corrected chi connectivity index (χ0v) is 16.6. The minimum atomic E-state index is -0.846. The van der Waals surface area contributed by atoms with Crippen LogP contribution in [0, 0.1) is 23.7 Å². The molecule has 0 aromatic heterocycles. The third-order valence-corrected chi connectivity index (χ3v) is 7.03. The van der Waals surface area contributed by atoms with Gasteiger partial charge in [-0.25, -0.2) is 9.78 Å². The molecule has 0 radical (unpaired) electrons. The van der Waals surface area contributed by atoms with Crippen molar-refractivity contribution in [2.75, 3.05) is 0 Å². The number of hydrogen-bond donors (Lipinski definition) is 0. The van der Waals surface area contributed by atoms with Crippen LogP contribution in [0.1, 0.15) is 66.2 Å². The molecule has 2 bridgehead atoms. The summed E-state index contributed by atoms with van der Waals surface area (Å²) in [4.78, 5) is 35.1. The highest BCUT2D eigenvalue weighted by Gasteiger charge is 2.69. The fourth-order valence-electron chi connectivity index (χ4n) is 5.47. The van der Waals surface area contributed by atoms with Crippen LogP contribution in [0.15, 0.2) is 0 Å². The van der Waals surface area contributed by atoms with Crippen LogP contribution >= 0.6 is 0 Å². The van der Waals surface area contributed by atoms with Crippen molar-refractivity contribution >= 4 is 11.8 Å². The zero-order chi connectivity index (χ0) is 19.4. The first-order valence-electron chi connectivity index (χ1n) is 10.1. The number of esters is 1. The fourth-order valence-corrected chi connectivity index (χ4v) is 5.47. The van der Waals surface area contributed by atoms with Gasteiger partial charge in [-0.3, -0.25) is 4.79 Å². The van der Waals surface area contributed by atoms with E-state index in [0.29, 0.717) is 5.92 Å². The normalized spacial score (nSPS) is 48.4. The molecule has 7 nitrogen and oxygen atoms in total.